The lowest BCUT2D eigenvalue weighted by Gasteiger charge is -2.21. The fourth-order valence-corrected chi connectivity index (χ4v) is 2.91. The molecule has 30 heavy (non-hydrogen) atoms. The molecule has 0 unspecified atom stereocenters. The average molecular weight is 412 g/mol. The zero-order valence-corrected chi connectivity index (χ0v) is 17.5. The van der Waals surface area contributed by atoms with Gasteiger partial charge in [0.25, 0.3) is 0 Å². The Kier molecular flexibility index (Phi) is 8.83. The van der Waals surface area contributed by atoms with Crippen molar-refractivity contribution >= 4 is 34.8 Å². The van der Waals surface area contributed by atoms with Crippen molar-refractivity contribution < 1.29 is 19.1 Å². The zero-order chi connectivity index (χ0) is 21.9. The molecule has 0 saturated carbocycles. The smallest absolute Gasteiger partial charge is 0.238 e. The van der Waals surface area contributed by atoms with Gasteiger partial charge in [0.15, 0.2) is 0 Å². The van der Waals surface area contributed by atoms with E-state index in [0.29, 0.717) is 29.4 Å². The highest BCUT2D eigenvalue weighted by atomic mass is 16.5. The van der Waals surface area contributed by atoms with Crippen molar-refractivity contribution in [3.8, 4) is 5.75 Å². The second-order valence-electron chi connectivity index (χ2n) is 6.77. The number of nitrogens with one attached hydrogen (secondary N) is 3. The normalized spacial score (nSPS) is 10.4. The molecule has 0 aliphatic rings. The first kappa shape index (κ1) is 22.9. The molecule has 0 aliphatic carbocycles. The minimum atomic E-state index is -0.222. The summed E-state index contributed by atoms with van der Waals surface area (Å²) < 4.78 is 5.24. The average Bonchev–Trinajstić information content (AvgIpc) is 2.69. The van der Waals surface area contributed by atoms with E-state index in [1.54, 1.807) is 48.4 Å². The van der Waals surface area contributed by atoms with Crippen LogP contribution in [0.1, 0.15) is 20.3 Å². The van der Waals surface area contributed by atoms with Crippen LogP contribution in [-0.4, -0.2) is 49.4 Å². The van der Waals surface area contributed by atoms with Gasteiger partial charge in [-0.05, 0) is 49.4 Å². The van der Waals surface area contributed by atoms with Crippen LogP contribution in [0.3, 0.4) is 0 Å². The van der Waals surface area contributed by atoms with Gasteiger partial charge in [0, 0.05) is 18.3 Å². The number of nitrogens with zero attached hydrogens (tertiary/aromatic N) is 1. The number of para-hydroxylation sites is 2. The van der Waals surface area contributed by atoms with Crippen LogP contribution in [0.2, 0.25) is 0 Å². The Bertz CT molecular complexity index is 868. The molecular formula is C22H28N4O4. The molecule has 0 radical (unpaired) electrons. The molecule has 160 valence electrons. The Hall–Kier alpha value is -3.39. The van der Waals surface area contributed by atoms with Crippen molar-refractivity contribution in [2.24, 2.45) is 0 Å². The molecule has 3 N–H and O–H groups in total. The van der Waals surface area contributed by atoms with E-state index in [4.69, 9.17) is 4.74 Å². The molecule has 8 nitrogen and oxygen atoms in total. The Labute approximate surface area is 176 Å². The molecule has 2 rings (SSSR count). The van der Waals surface area contributed by atoms with E-state index < -0.39 is 0 Å². The third kappa shape index (κ3) is 7.56. The van der Waals surface area contributed by atoms with Crippen LogP contribution < -0.4 is 20.7 Å². The summed E-state index contributed by atoms with van der Waals surface area (Å²) in [5, 5.41) is 8.30. The number of rotatable bonds is 10. The van der Waals surface area contributed by atoms with Crippen LogP contribution in [-0.2, 0) is 14.4 Å². The van der Waals surface area contributed by atoms with Crippen molar-refractivity contribution in [3.63, 3.8) is 0 Å². The number of ether oxygens (including phenoxy) is 1. The van der Waals surface area contributed by atoms with Gasteiger partial charge in [-0.15, -0.1) is 0 Å². The molecule has 8 heteroatoms. The topological polar surface area (TPSA) is 99.8 Å². The van der Waals surface area contributed by atoms with Crippen LogP contribution in [0, 0.1) is 0 Å². The zero-order valence-electron chi connectivity index (χ0n) is 17.5. The van der Waals surface area contributed by atoms with Gasteiger partial charge >= 0.3 is 0 Å². The standard InChI is InChI=1S/C22H28N4O4/c1-4-13-26(15-22(29)25-19-7-5-6-8-20(19)30-3)14-21(28)24-18-11-9-17(10-12-18)23-16(2)27/h5-12H,4,13-15H2,1-3H3,(H,23,27)(H,24,28)(H,25,29). The van der Waals surface area contributed by atoms with Gasteiger partial charge in [0.05, 0.1) is 25.9 Å². The molecule has 2 aromatic carbocycles. The summed E-state index contributed by atoms with van der Waals surface area (Å²) in [4.78, 5) is 37.7. The number of amides is 3. The second-order valence-corrected chi connectivity index (χ2v) is 6.77. The van der Waals surface area contributed by atoms with Crippen LogP contribution in [0.5, 0.6) is 5.75 Å². The van der Waals surface area contributed by atoms with Gasteiger partial charge in [0.2, 0.25) is 17.7 Å². The first-order valence-electron chi connectivity index (χ1n) is 9.74. The molecule has 0 spiro atoms. The van der Waals surface area contributed by atoms with E-state index in [2.05, 4.69) is 16.0 Å². The largest absolute Gasteiger partial charge is 0.495 e. The summed E-state index contributed by atoms with van der Waals surface area (Å²) in [5.41, 5.74) is 1.86. The van der Waals surface area contributed by atoms with Crippen molar-refractivity contribution in [3.05, 3.63) is 48.5 Å². The van der Waals surface area contributed by atoms with Gasteiger partial charge in [-0.2, -0.15) is 0 Å². The van der Waals surface area contributed by atoms with Crippen molar-refractivity contribution in [2.45, 2.75) is 20.3 Å². The van der Waals surface area contributed by atoms with E-state index in [9.17, 15) is 14.4 Å². The maximum Gasteiger partial charge on any atom is 0.238 e. The monoisotopic (exact) mass is 412 g/mol. The van der Waals surface area contributed by atoms with E-state index in [0.717, 1.165) is 6.42 Å². The third-order valence-corrected chi connectivity index (χ3v) is 4.14. The maximum atomic E-state index is 12.5. The van der Waals surface area contributed by atoms with E-state index in [1.807, 2.05) is 19.1 Å². The second kappa shape index (κ2) is 11.6. The predicted molar refractivity (Wildman–Crippen MR) is 118 cm³/mol. The molecule has 0 bridgehead atoms. The quantitative estimate of drug-likeness (QED) is 0.557. The number of carbonyl (C=O) groups excluding carboxylic acids is 3. The summed E-state index contributed by atoms with van der Waals surface area (Å²) >= 11 is 0. The Morgan fingerprint density at radius 1 is 0.867 bits per heavy atom. The lowest BCUT2D eigenvalue weighted by Crippen LogP contribution is -2.39. The molecule has 0 aliphatic heterocycles. The maximum absolute atomic E-state index is 12.5. The third-order valence-electron chi connectivity index (χ3n) is 4.14. The molecule has 0 fully saturated rings. The molecule has 2 aromatic rings. The van der Waals surface area contributed by atoms with E-state index >= 15 is 0 Å². The minimum Gasteiger partial charge on any atom is -0.495 e. The SMILES string of the molecule is CCCN(CC(=O)Nc1ccc(NC(C)=O)cc1)CC(=O)Nc1ccccc1OC. The number of hydrogen-bond acceptors (Lipinski definition) is 5. The summed E-state index contributed by atoms with van der Waals surface area (Å²) in [6.45, 7) is 4.20. The van der Waals surface area contributed by atoms with Crippen molar-refractivity contribution in [2.75, 3.05) is 42.7 Å². The van der Waals surface area contributed by atoms with Crippen LogP contribution in [0.4, 0.5) is 17.1 Å². The van der Waals surface area contributed by atoms with Gasteiger partial charge in [-0.1, -0.05) is 19.1 Å². The van der Waals surface area contributed by atoms with Crippen molar-refractivity contribution in [1.29, 1.82) is 0 Å². The van der Waals surface area contributed by atoms with Gasteiger partial charge in [0.1, 0.15) is 5.75 Å². The molecule has 3 amide bonds. The predicted octanol–water partition coefficient (Wildman–Crippen LogP) is 2.94. The molecule has 0 saturated heterocycles. The number of benzene rings is 2. The molecule has 0 heterocycles. The summed E-state index contributed by atoms with van der Waals surface area (Å²) in [6.07, 6.45) is 0.806. The fourth-order valence-electron chi connectivity index (χ4n) is 2.91. The number of hydrogen-bond donors (Lipinski definition) is 3. The number of anilines is 3. The first-order chi connectivity index (χ1) is 14.4. The Balaban J connectivity index is 1.91. The fraction of sp³-hybridized carbons (Fsp3) is 0.318. The summed E-state index contributed by atoms with van der Waals surface area (Å²) in [6, 6.07) is 14.0. The highest BCUT2D eigenvalue weighted by Gasteiger charge is 2.15. The van der Waals surface area contributed by atoms with E-state index in [1.165, 1.54) is 6.92 Å². The van der Waals surface area contributed by atoms with Gasteiger partial charge in [-0.25, -0.2) is 0 Å². The van der Waals surface area contributed by atoms with Gasteiger partial charge in [-0.3, -0.25) is 19.3 Å². The minimum absolute atomic E-state index is 0.0840. The molecule has 0 atom stereocenters. The Morgan fingerprint density at radius 3 is 2.00 bits per heavy atom. The van der Waals surface area contributed by atoms with Crippen molar-refractivity contribution in [1.82, 2.24) is 4.90 Å². The lowest BCUT2D eigenvalue weighted by atomic mass is 10.2. The number of carbonyl (C=O) groups is 3. The van der Waals surface area contributed by atoms with Crippen LogP contribution >= 0.6 is 0 Å². The lowest BCUT2D eigenvalue weighted by molar-refractivity contribution is -0.120. The summed E-state index contributed by atoms with van der Waals surface area (Å²) in [7, 11) is 1.54. The number of methoxy groups -OCH3 is 1. The highest BCUT2D eigenvalue weighted by Crippen LogP contribution is 2.22. The first-order valence-corrected chi connectivity index (χ1v) is 9.74. The van der Waals surface area contributed by atoms with Crippen LogP contribution in [0.25, 0.3) is 0 Å². The molecular weight excluding hydrogens is 384 g/mol. The molecule has 0 aromatic heterocycles. The Morgan fingerprint density at radius 2 is 1.43 bits per heavy atom. The summed E-state index contributed by atoms with van der Waals surface area (Å²) in [5.74, 6) is -0.0250. The highest BCUT2D eigenvalue weighted by molar-refractivity contribution is 5.95. The van der Waals surface area contributed by atoms with Gasteiger partial charge < -0.3 is 20.7 Å². The van der Waals surface area contributed by atoms with Crippen LogP contribution in [0.15, 0.2) is 48.5 Å². The van der Waals surface area contributed by atoms with E-state index in [-0.39, 0.29) is 30.8 Å².